The molecule has 0 aliphatic heterocycles. The van der Waals surface area contributed by atoms with Crippen molar-refractivity contribution < 1.29 is 8.42 Å². The van der Waals surface area contributed by atoms with Gasteiger partial charge in [0.2, 0.25) is 0 Å². The fourth-order valence-electron chi connectivity index (χ4n) is 3.30. The number of hydrogen-bond donors (Lipinski definition) is 1. The van der Waals surface area contributed by atoms with E-state index in [4.69, 9.17) is 0 Å². The molecule has 0 saturated heterocycles. The van der Waals surface area contributed by atoms with Gasteiger partial charge in [0.25, 0.3) is 10.0 Å². The van der Waals surface area contributed by atoms with Gasteiger partial charge >= 0.3 is 0 Å². The van der Waals surface area contributed by atoms with Gasteiger partial charge in [0.1, 0.15) is 11.1 Å². The molecule has 1 atom stereocenters. The van der Waals surface area contributed by atoms with Crippen LogP contribution in [0.4, 0.5) is 5.00 Å². The fraction of sp³-hybridized carbons (Fsp3) is 0.421. The van der Waals surface area contributed by atoms with Crippen LogP contribution in [0.2, 0.25) is 0 Å². The van der Waals surface area contributed by atoms with Gasteiger partial charge in [-0.25, -0.2) is 8.42 Å². The second-order valence-corrected chi connectivity index (χ2v) is 10.3. The van der Waals surface area contributed by atoms with Crippen LogP contribution in [0.3, 0.4) is 0 Å². The maximum atomic E-state index is 12.6. The maximum absolute atomic E-state index is 12.6. The lowest BCUT2D eigenvalue weighted by Crippen LogP contribution is -2.26. The van der Waals surface area contributed by atoms with Crippen LogP contribution < -0.4 is 4.72 Å². The Kier molecular flexibility index (Phi) is 4.65. The lowest BCUT2D eigenvalue weighted by molar-refractivity contribution is 0.218. The zero-order valence-electron chi connectivity index (χ0n) is 14.7. The van der Waals surface area contributed by atoms with E-state index < -0.39 is 10.0 Å². The number of sulfonamides is 1. The van der Waals surface area contributed by atoms with E-state index in [1.54, 1.807) is 30.3 Å². The van der Waals surface area contributed by atoms with Gasteiger partial charge in [-0.2, -0.15) is 5.26 Å². The highest BCUT2D eigenvalue weighted by Crippen LogP contribution is 2.44. The SMILES string of the molecule is CC(C)(C)[C@@H]1CCc2c(sc(NS(=O)(=O)c3ccccc3)c2C#N)C1. The number of nitrogens with one attached hydrogen (secondary N) is 1. The minimum absolute atomic E-state index is 0.206. The smallest absolute Gasteiger partial charge is 0.262 e. The normalized spacial score (nSPS) is 17.6. The Morgan fingerprint density at radius 3 is 2.52 bits per heavy atom. The summed E-state index contributed by atoms with van der Waals surface area (Å²) in [7, 11) is -3.68. The predicted octanol–water partition coefficient (Wildman–Crippen LogP) is 4.57. The molecule has 1 aromatic heterocycles. The Morgan fingerprint density at radius 1 is 1.24 bits per heavy atom. The average molecular weight is 375 g/mol. The van der Waals surface area contributed by atoms with Crippen molar-refractivity contribution in [3.8, 4) is 6.07 Å². The first-order valence-corrected chi connectivity index (χ1v) is 10.6. The summed E-state index contributed by atoms with van der Waals surface area (Å²) < 4.78 is 27.8. The number of nitrogens with zero attached hydrogens (tertiary/aromatic N) is 1. The van der Waals surface area contributed by atoms with Crippen molar-refractivity contribution >= 4 is 26.4 Å². The summed E-state index contributed by atoms with van der Waals surface area (Å²) >= 11 is 1.42. The molecule has 0 spiro atoms. The summed E-state index contributed by atoms with van der Waals surface area (Å²) in [5.41, 5.74) is 1.73. The molecule has 1 aliphatic carbocycles. The number of fused-ring (bicyclic) bond motifs is 1. The number of nitriles is 1. The molecule has 1 N–H and O–H groups in total. The summed E-state index contributed by atoms with van der Waals surface area (Å²) in [6.07, 6.45) is 2.78. The number of rotatable bonds is 3. The van der Waals surface area contributed by atoms with Gasteiger partial charge in [-0.15, -0.1) is 11.3 Å². The summed E-state index contributed by atoms with van der Waals surface area (Å²) in [5, 5.41) is 10.0. The van der Waals surface area contributed by atoms with Crippen LogP contribution in [0, 0.1) is 22.7 Å². The molecule has 1 aliphatic rings. The van der Waals surface area contributed by atoms with Crippen LogP contribution >= 0.6 is 11.3 Å². The Hall–Kier alpha value is -1.84. The Morgan fingerprint density at radius 2 is 1.92 bits per heavy atom. The molecule has 1 aromatic carbocycles. The molecule has 25 heavy (non-hydrogen) atoms. The van der Waals surface area contributed by atoms with Crippen LogP contribution in [-0.4, -0.2) is 8.42 Å². The number of hydrogen-bond acceptors (Lipinski definition) is 4. The van der Waals surface area contributed by atoms with Crippen molar-refractivity contribution in [2.45, 2.75) is 44.9 Å². The van der Waals surface area contributed by atoms with Crippen LogP contribution in [0.5, 0.6) is 0 Å². The molecule has 0 fully saturated rings. The van der Waals surface area contributed by atoms with Gasteiger partial charge in [-0.1, -0.05) is 39.0 Å². The van der Waals surface area contributed by atoms with E-state index in [0.717, 1.165) is 29.7 Å². The van der Waals surface area contributed by atoms with E-state index in [1.807, 2.05) is 0 Å². The first-order chi connectivity index (χ1) is 11.7. The highest BCUT2D eigenvalue weighted by atomic mass is 32.2. The molecule has 2 aromatic rings. The van der Waals surface area contributed by atoms with E-state index in [2.05, 4.69) is 31.6 Å². The molecule has 0 bridgehead atoms. The Balaban J connectivity index is 1.95. The van der Waals surface area contributed by atoms with Crippen LogP contribution in [0.15, 0.2) is 35.2 Å². The first kappa shape index (κ1) is 18.0. The minimum atomic E-state index is -3.68. The van der Waals surface area contributed by atoms with Gasteiger partial charge in [0.15, 0.2) is 0 Å². The first-order valence-electron chi connectivity index (χ1n) is 8.35. The molecule has 0 amide bonds. The second-order valence-electron chi connectivity index (χ2n) is 7.54. The van der Waals surface area contributed by atoms with Crippen molar-refractivity contribution in [1.82, 2.24) is 0 Å². The van der Waals surface area contributed by atoms with Crippen molar-refractivity contribution in [1.29, 1.82) is 5.26 Å². The lowest BCUT2D eigenvalue weighted by Gasteiger charge is -2.33. The van der Waals surface area contributed by atoms with Gasteiger partial charge in [0, 0.05) is 4.88 Å². The second kappa shape index (κ2) is 6.47. The van der Waals surface area contributed by atoms with Crippen LogP contribution in [-0.2, 0) is 22.9 Å². The molecule has 0 saturated carbocycles. The van der Waals surface area contributed by atoms with E-state index in [1.165, 1.54) is 11.3 Å². The van der Waals surface area contributed by atoms with Crippen molar-refractivity contribution in [3.63, 3.8) is 0 Å². The monoisotopic (exact) mass is 374 g/mol. The maximum Gasteiger partial charge on any atom is 0.262 e. The largest absolute Gasteiger partial charge is 0.269 e. The summed E-state index contributed by atoms with van der Waals surface area (Å²) in [6.45, 7) is 6.71. The molecule has 132 valence electrons. The number of thiophene rings is 1. The summed E-state index contributed by atoms with van der Waals surface area (Å²) in [5.74, 6) is 0.545. The van der Waals surface area contributed by atoms with Gasteiger partial charge in [-0.3, -0.25) is 4.72 Å². The number of anilines is 1. The molecular formula is C19H22N2O2S2. The number of benzene rings is 1. The van der Waals surface area contributed by atoms with Gasteiger partial charge in [0.05, 0.1) is 10.5 Å². The molecule has 1 heterocycles. The van der Waals surface area contributed by atoms with E-state index in [-0.39, 0.29) is 10.3 Å². The van der Waals surface area contributed by atoms with Gasteiger partial charge < -0.3 is 0 Å². The molecule has 6 heteroatoms. The standard InChI is InChI=1S/C19H22N2O2S2/c1-19(2,3)13-9-10-15-16(12-20)18(24-17(15)11-13)21-25(22,23)14-7-5-4-6-8-14/h4-8,13,21H,9-11H2,1-3H3/t13-/m1/s1. The van der Waals surface area contributed by atoms with Gasteiger partial charge in [-0.05, 0) is 48.3 Å². The average Bonchev–Trinajstić information content (AvgIpc) is 2.90. The van der Waals surface area contributed by atoms with Crippen molar-refractivity contribution in [3.05, 3.63) is 46.3 Å². The molecule has 4 nitrogen and oxygen atoms in total. The molecular weight excluding hydrogens is 352 g/mol. The summed E-state index contributed by atoms with van der Waals surface area (Å²) in [4.78, 5) is 1.35. The third-order valence-electron chi connectivity index (χ3n) is 4.88. The predicted molar refractivity (Wildman–Crippen MR) is 101 cm³/mol. The quantitative estimate of drug-likeness (QED) is 0.855. The van der Waals surface area contributed by atoms with Crippen molar-refractivity contribution in [2.24, 2.45) is 11.3 Å². The fourth-order valence-corrected chi connectivity index (χ4v) is 5.90. The van der Waals surface area contributed by atoms with E-state index in [9.17, 15) is 13.7 Å². The zero-order valence-corrected chi connectivity index (χ0v) is 16.3. The van der Waals surface area contributed by atoms with E-state index >= 15 is 0 Å². The summed E-state index contributed by atoms with van der Waals surface area (Å²) in [6, 6.07) is 10.5. The highest BCUT2D eigenvalue weighted by molar-refractivity contribution is 7.93. The molecule has 0 radical (unpaired) electrons. The lowest BCUT2D eigenvalue weighted by atomic mass is 9.72. The zero-order chi connectivity index (χ0) is 18.2. The van der Waals surface area contributed by atoms with E-state index in [0.29, 0.717) is 16.5 Å². The minimum Gasteiger partial charge on any atom is -0.269 e. The molecule has 0 unspecified atom stereocenters. The Bertz CT molecular complexity index is 917. The van der Waals surface area contributed by atoms with Crippen LogP contribution in [0.1, 0.15) is 43.2 Å². The highest BCUT2D eigenvalue weighted by Gasteiger charge is 2.32. The topological polar surface area (TPSA) is 70.0 Å². The third kappa shape index (κ3) is 3.58. The van der Waals surface area contributed by atoms with Crippen LogP contribution in [0.25, 0.3) is 0 Å². The van der Waals surface area contributed by atoms with Crippen molar-refractivity contribution in [2.75, 3.05) is 4.72 Å². The third-order valence-corrected chi connectivity index (χ3v) is 7.55. The molecule has 3 rings (SSSR count). The Labute approximate surface area is 153 Å².